The van der Waals surface area contributed by atoms with Crippen molar-refractivity contribution in [2.24, 2.45) is 0 Å². The molecule has 0 rings (SSSR count). The maximum absolute atomic E-state index is 12.7. The van der Waals surface area contributed by atoms with Gasteiger partial charge in [0.2, 0.25) is 0 Å². The fourth-order valence-electron chi connectivity index (χ4n) is 6.32. The second-order valence-corrected chi connectivity index (χ2v) is 15.9. The first-order valence-electron chi connectivity index (χ1n) is 22.2. The van der Waals surface area contributed by atoms with Crippen LogP contribution in [0.5, 0.6) is 0 Å². The summed E-state index contributed by atoms with van der Waals surface area (Å²) in [5.74, 6) is -1.48. The second-order valence-electron chi connectivity index (χ2n) is 15.9. The molecule has 0 saturated carbocycles. The molecule has 0 amide bonds. The highest BCUT2D eigenvalue weighted by atomic mass is 16.6. The van der Waals surface area contributed by atoms with Crippen molar-refractivity contribution in [3.05, 3.63) is 48.6 Å². The first kappa shape index (κ1) is 52.3. The van der Waals surface area contributed by atoms with E-state index in [2.05, 4.69) is 62.5 Å². The molecule has 1 N–H and O–H groups in total. The molecule has 0 saturated heterocycles. The highest BCUT2D eigenvalue weighted by Gasteiger charge is 2.31. The van der Waals surface area contributed by atoms with Gasteiger partial charge in [-0.2, -0.15) is 0 Å². The van der Waals surface area contributed by atoms with Gasteiger partial charge < -0.3 is 23.8 Å². The van der Waals surface area contributed by atoms with E-state index in [0.717, 1.165) is 77.0 Å². The van der Waals surface area contributed by atoms with Gasteiger partial charge in [-0.25, -0.2) is 4.79 Å². The lowest BCUT2D eigenvalue weighted by Crippen LogP contribution is -2.50. The number of nitrogens with zero attached hydrogens (tertiary/aromatic N) is 1. The molecule has 0 aliphatic carbocycles. The molecule has 0 radical (unpaired) electrons. The Labute approximate surface area is 337 Å². The number of carboxylic acids is 1. The van der Waals surface area contributed by atoms with Gasteiger partial charge in [-0.15, -0.1) is 0 Å². The van der Waals surface area contributed by atoms with Crippen LogP contribution < -0.4 is 0 Å². The molecule has 55 heavy (non-hydrogen) atoms. The molecular weight excluding hydrogens is 691 g/mol. The van der Waals surface area contributed by atoms with Crippen LogP contribution in [0.15, 0.2) is 48.6 Å². The molecule has 0 spiro atoms. The second kappa shape index (κ2) is 38.2. The van der Waals surface area contributed by atoms with Crippen molar-refractivity contribution < 1.29 is 38.2 Å². The SMILES string of the molecule is CC/C=C/C/C=C/C/C=C/C/C=C/CCCCCCCCC(=O)OCC(COCCC(C(=O)O)[N+](C)(C)C)OC(=O)CCCCCCCCCCCCCC. The molecule has 2 unspecified atom stereocenters. The Hall–Kier alpha value is -2.71. The van der Waals surface area contributed by atoms with Gasteiger partial charge in [0.05, 0.1) is 34.4 Å². The number of carbonyl (C=O) groups excluding carboxylic acids is 2. The van der Waals surface area contributed by atoms with Gasteiger partial charge in [-0.05, 0) is 51.4 Å². The number of quaternary nitrogens is 1. The quantitative estimate of drug-likeness (QED) is 0.0287. The number of likely N-dealkylation sites (N-methyl/N-ethyl adjacent to an activating group) is 1. The Balaban J connectivity index is 4.33. The summed E-state index contributed by atoms with van der Waals surface area (Å²) < 4.78 is 17.3. The normalized spacial score (nSPS) is 13.4. The number of rotatable bonds is 39. The van der Waals surface area contributed by atoms with E-state index in [0.29, 0.717) is 19.3 Å². The van der Waals surface area contributed by atoms with E-state index in [1.807, 2.05) is 21.1 Å². The van der Waals surface area contributed by atoms with Crippen LogP contribution in [0.3, 0.4) is 0 Å². The van der Waals surface area contributed by atoms with Crippen molar-refractivity contribution in [3.8, 4) is 0 Å². The zero-order valence-corrected chi connectivity index (χ0v) is 36.1. The van der Waals surface area contributed by atoms with E-state index in [1.165, 1.54) is 70.6 Å². The van der Waals surface area contributed by atoms with Gasteiger partial charge in [0.15, 0.2) is 12.1 Å². The maximum atomic E-state index is 12.7. The van der Waals surface area contributed by atoms with Crippen molar-refractivity contribution in [1.29, 1.82) is 0 Å². The van der Waals surface area contributed by atoms with Crippen molar-refractivity contribution in [2.75, 3.05) is 41.0 Å². The zero-order chi connectivity index (χ0) is 40.7. The molecule has 318 valence electrons. The minimum absolute atomic E-state index is 0.0574. The number of carbonyl (C=O) groups is 3. The molecule has 0 bridgehead atoms. The molecule has 0 fully saturated rings. The molecule has 0 aliphatic rings. The van der Waals surface area contributed by atoms with Crippen LogP contribution in [-0.2, 0) is 28.6 Å². The summed E-state index contributed by atoms with van der Waals surface area (Å²) in [6.07, 6.45) is 44.3. The van der Waals surface area contributed by atoms with Crippen LogP contribution in [0.25, 0.3) is 0 Å². The fourth-order valence-corrected chi connectivity index (χ4v) is 6.32. The molecule has 0 aromatic rings. The summed E-state index contributed by atoms with van der Waals surface area (Å²) >= 11 is 0. The standard InChI is InChI=1S/C47H83NO7/c1-6-8-10-12-14-16-18-20-21-22-23-24-25-26-28-29-31-33-35-37-45(49)54-42-43(41-53-40-39-44(47(51)52)48(3,4)5)55-46(50)38-36-34-32-30-27-19-17-15-13-11-9-7-2/h8,10,14,16,20-21,23-24,43-44H,6-7,9,11-13,15,17-19,22,25-42H2,1-5H3/p+1/b10-8+,16-14+,21-20+,24-23+. The lowest BCUT2D eigenvalue weighted by molar-refractivity contribution is -0.887. The van der Waals surface area contributed by atoms with Crippen LogP contribution in [0.4, 0.5) is 0 Å². The van der Waals surface area contributed by atoms with Gasteiger partial charge >= 0.3 is 17.9 Å². The van der Waals surface area contributed by atoms with Crippen LogP contribution >= 0.6 is 0 Å². The molecule has 0 heterocycles. The molecule has 0 aromatic carbocycles. The Bertz CT molecular complexity index is 1040. The van der Waals surface area contributed by atoms with E-state index < -0.39 is 18.1 Å². The smallest absolute Gasteiger partial charge is 0.362 e. The number of ether oxygens (including phenoxy) is 3. The van der Waals surface area contributed by atoms with Gasteiger partial charge in [0, 0.05) is 19.3 Å². The van der Waals surface area contributed by atoms with Crippen LogP contribution in [-0.4, -0.2) is 80.6 Å². The summed E-state index contributed by atoms with van der Waals surface area (Å²) in [6.45, 7) is 4.61. The number of esters is 2. The van der Waals surface area contributed by atoms with E-state index in [9.17, 15) is 19.5 Å². The average Bonchev–Trinajstić information content (AvgIpc) is 3.14. The molecular formula is C47H84NO7+. The van der Waals surface area contributed by atoms with Crippen molar-refractivity contribution in [1.82, 2.24) is 0 Å². The predicted octanol–water partition coefficient (Wildman–Crippen LogP) is 12.0. The summed E-state index contributed by atoms with van der Waals surface area (Å²) in [5, 5.41) is 9.61. The number of hydrogen-bond acceptors (Lipinski definition) is 6. The first-order valence-corrected chi connectivity index (χ1v) is 22.2. The van der Waals surface area contributed by atoms with Crippen LogP contribution in [0.1, 0.15) is 181 Å². The van der Waals surface area contributed by atoms with Gasteiger partial charge in [0.1, 0.15) is 6.61 Å². The Morgan fingerprint density at radius 1 is 0.564 bits per heavy atom. The number of unbranched alkanes of at least 4 members (excludes halogenated alkanes) is 17. The van der Waals surface area contributed by atoms with E-state index in [-0.39, 0.29) is 36.2 Å². The third-order valence-electron chi connectivity index (χ3n) is 9.74. The molecule has 8 nitrogen and oxygen atoms in total. The zero-order valence-electron chi connectivity index (χ0n) is 36.1. The highest BCUT2D eigenvalue weighted by molar-refractivity contribution is 5.72. The van der Waals surface area contributed by atoms with E-state index in [4.69, 9.17) is 14.2 Å². The van der Waals surface area contributed by atoms with Crippen molar-refractivity contribution in [3.63, 3.8) is 0 Å². The third kappa shape index (κ3) is 36.7. The Morgan fingerprint density at radius 3 is 1.51 bits per heavy atom. The van der Waals surface area contributed by atoms with E-state index in [1.54, 1.807) is 0 Å². The Morgan fingerprint density at radius 2 is 1.02 bits per heavy atom. The van der Waals surface area contributed by atoms with Crippen LogP contribution in [0, 0.1) is 0 Å². The number of carboxylic acid groups (broad SMARTS) is 1. The summed E-state index contributed by atoms with van der Waals surface area (Å²) in [5.41, 5.74) is 0. The lowest BCUT2D eigenvalue weighted by atomic mass is 10.0. The Kier molecular flexibility index (Phi) is 36.3. The van der Waals surface area contributed by atoms with Crippen LogP contribution in [0.2, 0.25) is 0 Å². The molecule has 2 atom stereocenters. The maximum Gasteiger partial charge on any atom is 0.362 e. The molecule has 8 heteroatoms. The minimum Gasteiger partial charge on any atom is -0.477 e. The fraction of sp³-hybridized carbons (Fsp3) is 0.766. The number of allylic oxidation sites excluding steroid dienone is 8. The van der Waals surface area contributed by atoms with E-state index >= 15 is 0 Å². The predicted molar refractivity (Wildman–Crippen MR) is 229 cm³/mol. The largest absolute Gasteiger partial charge is 0.477 e. The minimum atomic E-state index is -0.878. The summed E-state index contributed by atoms with van der Waals surface area (Å²) in [6, 6.07) is -0.616. The summed E-state index contributed by atoms with van der Waals surface area (Å²) in [7, 11) is 5.52. The highest BCUT2D eigenvalue weighted by Crippen LogP contribution is 2.14. The topological polar surface area (TPSA) is 99.1 Å². The van der Waals surface area contributed by atoms with Crippen molar-refractivity contribution >= 4 is 17.9 Å². The first-order chi connectivity index (χ1) is 26.6. The van der Waals surface area contributed by atoms with Gasteiger partial charge in [-0.1, -0.05) is 159 Å². The molecule has 0 aromatic heterocycles. The summed E-state index contributed by atoms with van der Waals surface area (Å²) in [4.78, 5) is 36.9. The number of hydrogen-bond donors (Lipinski definition) is 1. The average molecular weight is 775 g/mol. The monoisotopic (exact) mass is 775 g/mol. The number of aliphatic carboxylic acids is 1. The molecule has 0 aliphatic heterocycles. The van der Waals surface area contributed by atoms with Gasteiger partial charge in [0.25, 0.3) is 0 Å². The van der Waals surface area contributed by atoms with Crippen molar-refractivity contribution in [2.45, 2.75) is 193 Å². The van der Waals surface area contributed by atoms with Gasteiger partial charge in [-0.3, -0.25) is 9.59 Å². The third-order valence-corrected chi connectivity index (χ3v) is 9.74. The lowest BCUT2D eigenvalue weighted by Gasteiger charge is -2.31.